The quantitative estimate of drug-likeness (QED) is 0.844. The van der Waals surface area contributed by atoms with Gasteiger partial charge < -0.3 is 14.9 Å². The zero-order chi connectivity index (χ0) is 15.5. The number of carbonyl (C=O) groups excluding carboxylic acids is 1. The highest BCUT2D eigenvalue weighted by Gasteiger charge is 2.30. The van der Waals surface area contributed by atoms with Gasteiger partial charge in [-0.05, 0) is 42.3 Å². The van der Waals surface area contributed by atoms with Gasteiger partial charge in [0.25, 0.3) is 0 Å². The van der Waals surface area contributed by atoms with Crippen LogP contribution in [0.5, 0.6) is 11.5 Å². The van der Waals surface area contributed by atoms with Gasteiger partial charge >= 0.3 is 5.43 Å². The maximum absolute atomic E-state index is 10.9. The zero-order valence-corrected chi connectivity index (χ0v) is 12.2. The number of halogens is 1. The van der Waals surface area contributed by atoms with Crippen LogP contribution in [0.4, 0.5) is 4.79 Å². The van der Waals surface area contributed by atoms with E-state index >= 15 is 0 Å². The van der Waals surface area contributed by atoms with Gasteiger partial charge in [-0.3, -0.25) is 0 Å². The maximum Gasteiger partial charge on any atom is 0.403 e. The molecule has 110 valence electrons. The average Bonchev–Trinajstić information content (AvgIpc) is 2.46. The van der Waals surface area contributed by atoms with Crippen LogP contribution < -0.4 is 0 Å². The summed E-state index contributed by atoms with van der Waals surface area (Å²) in [4.78, 5) is 10.9. The third-order valence-electron chi connectivity index (χ3n) is 3.48. The molecular formula is C16H15ClO4. The summed E-state index contributed by atoms with van der Waals surface area (Å²) >= 11 is 5.27. The molecule has 2 aromatic rings. The Balaban J connectivity index is 2.44. The van der Waals surface area contributed by atoms with Crippen molar-refractivity contribution >= 4 is 17.0 Å². The van der Waals surface area contributed by atoms with E-state index in [4.69, 9.17) is 16.3 Å². The minimum Gasteiger partial charge on any atom is -0.508 e. The molecule has 0 aliphatic rings. The summed E-state index contributed by atoms with van der Waals surface area (Å²) in [6.07, 6.45) is 0. The molecule has 2 aromatic carbocycles. The Bertz CT molecular complexity index is 574. The van der Waals surface area contributed by atoms with Gasteiger partial charge in [-0.15, -0.1) is 0 Å². The summed E-state index contributed by atoms with van der Waals surface area (Å²) in [6, 6.07) is 13.3. The fraction of sp³-hybridized carbons (Fsp3) is 0.188. The number of phenols is 2. The highest BCUT2D eigenvalue weighted by Crippen LogP contribution is 2.34. The second-order valence-electron chi connectivity index (χ2n) is 4.95. The number of hydrogen-bond donors (Lipinski definition) is 2. The topological polar surface area (TPSA) is 66.8 Å². The fourth-order valence-corrected chi connectivity index (χ4v) is 2.25. The van der Waals surface area contributed by atoms with Gasteiger partial charge in [0.05, 0.1) is 5.41 Å². The molecule has 0 aromatic heterocycles. The van der Waals surface area contributed by atoms with Crippen LogP contribution in [-0.2, 0) is 10.2 Å². The first-order chi connectivity index (χ1) is 9.91. The van der Waals surface area contributed by atoms with Crippen molar-refractivity contribution in [2.45, 2.75) is 12.3 Å². The Morgan fingerprint density at radius 3 is 1.71 bits per heavy atom. The molecule has 0 atom stereocenters. The van der Waals surface area contributed by atoms with Gasteiger partial charge in [0.15, 0.2) is 0 Å². The second kappa shape index (κ2) is 6.06. The first-order valence-corrected chi connectivity index (χ1v) is 6.71. The molecule has 0 amide bonds. The molecule has 0 unspecified atom stereocenters. The lowest BCUT2D eigenvalue weighted by molar-refractivity contribution is 0.153. The minimum absolute atomic E-state index is 0.0465. The summed E-state index contributed by atoms with van der Waals surface area (Å²) in [5.74, 6) is 0.308. The van der Waals surface area contributed by atoms with Crippen molar-refractivity contribution in [3.8, 4) is 11.5 Å². The molecule has 0 saturated carbocycles. The Morgan fingerprint density at radius 1 is 1.00 bits per heavy atom. The normalized spacial score (nSPS) is 11.1. The van der Waals surface area contributed by atoms with E-state index in [0.717, 1.165) is 11.1 Å². The molecule has 0 bridgehead atoms. The molecule has 2 rings (SSSR count). The van der Waals surface area contributed by atoms with Crippen molar-refractivity contribution in [2.24, 2.45) is 0 Å². The number of rotatable bonds is 4. The molecule has 0 heterocycles. The van der Waals surface area contributed by atoms with Gasteiger partial charge in [-0.25, -0.2) is 4.79 Å². The lowest BCUT2D eigenvalue weighted by atomic mass is 9.77. The lowest BCUT2D eigenvalue weighted by Gasteiger charge is -2.30. The highest BCUT2D eigenvalue weighted by molar-refractivity contribution is 6.61. The number of benzene rings is 2. The van der Waals surface area contributed by atoms with Crippen molar-refractivity contribution in [2.75, 3.05) is 6.61 Å². The average molecular weight is 307 g/mol. The molecule has 0 fully saturated rings. The van der Waals surface area contributed by atoms with E-state index in [0.29, 0.717) is 0 Å². The number of phenolic OH excluding ortho intramolecular Hbond substituents is 2. The Kier molecular flexibility index (Phi) is 4.38. The minimum atomic E-state index is -0.876. The van der Waals surface area contributed by atoms with Crippen LogP contribution in [0.15, 0.2) is 48.5 Å². The number of carbonyl (C=O) groups is 1. The molecule has 0 aliphatic heterocycles. The first-order valence-electron chi connectivity index (χ1n) is 6.33. The Labute approximate surface area is 127 Å². The predicted molar refractivity (Wildman–Crippen MR) is 79.9 cm³/mol. The lowest BCUT2D eigenvalue weighted by Crippen LogP contribution is -2.30. The van der Waals surface area contributed by atoms with Crippen molar-refractivity contribution in [1.29, 1.82) is 0 Å². The third kappa shape index (κ3) is 3.47. The summed E-state index contributed by atoms with van der Waals surface area (Å²) in [6.45, 7) is 1.94. The van der Waals surface area contributed by atoms with Crippen LogP contribution in [0.3, 0.4) is 0 Å². The van der Waals surface area contributed by atoms with Crippen molar-refractivity contribution < 1.29 is 19.7 Å². The number of ether oxygens (including phenoxy) is 1. The molecule has 0 saturated heterocycles. The van der Waals surface area contributed by atoms with Gasteiger partial charge in [-0.1, -0.05) is 24.3 Å². The maximum atomic E-state index is 10.9. The molecule has 0 radical (unpaired) electrons. The standard InChI is InChI=1S/C16H15ClO4/c1-16(10-21-15(17)20,11-2-6-13(18)7-3-11)12-4-8-14(19)9-5-12/h2-9,18-19H,10H2,1H3. The third-order valence-corrected chi connectivity index (χ3v) is 3.59. The number of aromatic hydroxyl groups is 2. The van der Waals surface area contributed by atoms with Crippen LogP contribution in [-0.4, -0.2) is 22.2 Å². The highest BCUT2D eigenvalue weighted by atomic mass is 35.5. The molecule has 4 nitrogen and oxygen atoms in total. The largest absolute Gasteiger partial charge is 0.508 e. The molecule has 0 spiro atoms. The van der Waals surface area contributed by atoms with Gasteiger partial charge in [0.2, 0.25) is 0 Å². The predicted octanol–water partition coefficient (Wildman–Crippen LogP) is 3.78. The Morgan fingerprint density at radius 2 is 1.38 bits per heavy atom. The van der Waals surface area contributed by atoms with Gasteiger partial charge in [0.1, 0.15) is 18.1 Å². The van der Waals surface area contributed by atoms with Crippen LogP contribution in [0.1, 0.15) is 18.1 Å². The SMILES string of the molecule is CC(COC(=O)Cl)(c1ccc(O)cc1)c1ccc(O)cc1. The summed E-state index contributed by atoms with van der Waals surface area (Å²) in [5, 5.41) is 18.8. The van der Waals surface area contributed by atoms with E-state index in [1.807, 2.05) is 6.92 Å². The monoisotopic (exact) mass is 306 g/mol. The van der Waals surface area contributed by atoms with Crippen LogP contribution in [0, 0.1) is 0 Å². The second-order valence-corrected chi connectivity index (χ2v) is 5.26. The van der Waals surface area contributed by atoms with E-state index < -0.39 is 10.8 Å². The summed E-state index contributed by atoms with van der Waals surface area (Å²) < 4.78 is 4.98. The molecular weight excluding hydrogens is 292 g/mol. The van der Waals surface area contributed by atoms with Crippen LogP contribution in [0.25, 0.3) is 0 Å². The summed E-state index contributed by atoms with van der Waals surface area (Å²) in [7, 11) is 0. The zero-order valence-electron chi connectivity index (χ0n) is 11.4. The van der Waals surface area contributed by atoms with Gasteiger partial charge in [-0.2, -0.15) is 0 Å². The van der Waals surface area contributed by atoms with Crippen molar-refractivity contribution in [1.82, 2.24) is 0 Å². The number of hydrogen-bond acceptors (Lipinski definition) is 4. The van der Waals surface area contributed by atoms with Crippen molar-refractivity contribution in [3.05, 3.63) is 59.7 Å². The van der Waals surface area contributed by atoms with E-state index in [9.17, 15) is 15.0 Å². The molecule has 21 heavy (non-hydrogen) atoms. The molecule has 5 heteroatoms. The molecule has 2 N–H and O–H groups in total. The van der Waals surface area contributed by atoms with Crippen LogP contribution >= 0.6 is 11.6 Å². The van der Waals surface area contributed by atoms with Gasteiger partial charge in [0, 0.05) is 11.6 Å². The van der Waals surface area contributed by atoms with Crippen molar-refractivity contribution in [3.63, 3.8) is 0 Å². The Hall–Kier alpha value is -2.20. The van der Waals surface area contributed by atoms with E-state index in [2.05, 4.69) is 0 Å². The van der Waals surface area contributed by atoms with Crippen LogP contribution in [0.2, 0.25) is 0 Å². The first kappa shape index (κ1) is 15.2. The molecule has 0 aliphatic carbocycles. The van der Waals surface area contributed by atoms with E-state index in [1.54, 1.807) is 48.5 Å². The summed E-state index contributed by atoms with van der Waals surface area (Å²) in [5.41, 5.74) is 0.179. The van der Waals surface area contributed by atoms with E-state index in [-0.39, 0.29) is 18.1 Å². The smallest absolute Gasteiger partial charge is 0.403 e. The van der Waals surface area contributed by atoms with E-state index in [1.165, 1.54) is 0 Å². The fourth-order valence-electron chi connectivity index (χ4n) is 2.19.